The molecule has 2 rings (SSSR count). The second kappa shape index (κ2) is 6.86. The normalized spacial score (nSPS) is 12.4. The van der Waals surface area contributed by atoms with Gasteiger partial charge in [0.15, 0.2) is 0 Å². The summed E-state index contributed by atoms with van der Waals surface area (Å²) in [4.78, 5) is 4.78. The fourth-order valence-electron chi connectivity index (χ4n) is 3.39. The van der Waals surface area contributed by atoms with Gasteiger partial charge in [-0.05, 0) is 53.4 Å². The van der Waals surface area contributed by atoms with Crippen LogP contribution in [0.5, 0.6) is 0 Å². The van der Waals surface area contributed by atoms with Crippen LogP contribution >= 0.6 is 0 Å². The molecule has 1 nitrogen and oxygen atoms in total. The van der Waals surface area contributed by atoms with Gasteiger partial charge >= 0.3 is 0 Å². The highest BCUT2D eigenvalue weighted by Gasteiger charge is 2.26. The van der Waals surface area contributed by atoms with E-state index in [9.17, 15) is 0 Å². The van der Waals surface area contributed by atoms with Gasteiger partial charge in [0.05, 0.1) is 5.69 Å². The monoisotopic (exact) mass is 309 g/mol. The molecule has 0 aliphatic rings. The molecule has 0 amide bonds. The van der Waals surface area contributed by atoms with E-state index in [1.807, 2.05) is 0 Å². The second-order valence-corrected chi connectivity index (χ2v) is 7.60. The van der Waals surface area contributed by atoms with Gasteiger partial charge in [0.1, 0.15) is 0 Å². The molecule has 0 bridgehead atoms. The van der Waals surface area contributed by atoms with Crippen LogP contribution in [-0.4, -0.2) is 4.98 Å². The van der Waals surface area contributed by atoms with Crippen molar-refractivity contribution in [1.82, 2.24) is 4.98 Å². The van der Waals surface area contributed by atoms with Crippen molar-refractivity contribution in [2.24, 2.45) is 0 Å². The fraction of sp³-hybridized carbons (Fsp3) is 0.500. The lowest BCUT2D eigenvalue weighted by Crippen LogP contribution is -2.23. The first-order valence-corrected chi connectivity index (χ1v) is 8.93. The van der Waals surface area contributed by atoms with Crippen LogP contribution < -0.4 is 0 Å². The highest BCUT2D eigenvalue weighted by Crippen LogP contribution is 2.35. The molecule has 2 aromatic rings. The minimum absolute atomic E-state index is 0.164. The molecule has 0 unspecified atom stereocenters. The molecule has 0 aliphatic carbocycles. The molecular weight excluding hydrogens is 278 g/mol. The lowest BCUT2D eigenvalue weighted by Gasteiger charge is -2.30. The van der Waals surface area contributed by atoms with Crippen molar-refractivity contribution in [3.05, 3.63) is 53.7 Å². The van der Waals surface area contributed by atoms with Gasteiger partial charge in [-0.3, -0.25) is 4.98 Å². The summed E-state index contributed by atoms with van der Waals surface area (Å²) >= 11 is 0. The molecule has 0 fully saturated rings. The van der Waals surface area contributed by atoms with Gasteiger partial charge in [-0.15, -0.1) is 0 Å². The number of pyridine rings is 1. The van der Waals surface area contributed by atoms with Crippen LogP contribution in [-0.2, 0) is 10.8 Å². The van der Waals surface area contributed by atoms with Gasteiger partial charge in [0.2, 0.25) is 0 Å². The van der Waals surface area contributed by atoms with E-state index >= 15 is 0 Å². The summed E-state index contributed by atoms with van der Waals surface area (Å²) < 4.78 is 0. The second-order valence-electron chi connectivity index (χ2n) is 7.60. The molecule has 1 aromatic heterocycles. The van der Waals surface area contributed by atoms with Crippen molar-refractivity contribution in [3.63, 3.8) is 0 Å². The topological polar surface area (TPSA) is 12.9 Å². The quantitative estimate of drug-likeness (QED) is 0.613. The third kappa shape index (κ3) is 3.65. The lowest BCUT2D eigenvalue weighted by molar-refractivity contribution is 0.380. The van der Waals surface area contributed by atoms with Crippen molar-refractivity contribution < 1.29 is 0 Å². The summed E-state index contributed by atoms with van der Waals surface area (Å²) in [5.74, 6) is 0. The standard InChI is InChI=1S/C22H31N/c1-7-22(8-2,9-3)19-13-14-20(23-16-19)17-11-10-12-18(15-17)21(4,5)6/h10-16H,7-9H2,1-6H3. The van der Waals surface area contributed by atoms with Crippen molar-refractivity contribution in [1.29, 1.82) is 0 Å². The molecule has 1 heteroatoms. The van der Waals surface area contributed by atoms with Crippen LogP contribution in [0.2, 0.25) is 0 Å². The van der Waals surface area contributed by atoms with Crippen molar-refractivity contribution in [3.8, 4) is 11.3 Å². The van der Waals surface area contributed by atoms with E-state index in [0.717, 1.165) is 5.69 Å². The third-order valence-electron chi connectivity index (χ3n) is 5.43. The molecule has 124 valence electrons. The van der Waals surface area contributed by atoms with Gasteiger partial charge in [-0.25, -0.2) is 0 Å². The highest BCUT2D eigenvalue weighted by atomic mass is 14.7. The number of rotatable bonds is 5. The number of benzene rings is 1. The van der Waals surface area contributed by atoms with E-state index in [2.05, 4.69) is 84.1 Å². The van der Waals surface area contributed by atoms with E-state index in [1.165, 1.54) is 36.0 Å². The predicted molar refractivity (Wildman–Crippen MR) is 101 cm³/mol. The summed E-state index contributed by atoms with van der Waals surface area (Å²) in [6.45, 7) is 13.6. The zero-order valence-corrected chi connectivity index (χ0v) is 15.6. The third-order valence-corrected chi connectivity index (χ3v) is 5.43. The van der Waals surface area contributed by atoms with E-state index in [0.29, 0.717) is 0 Å². The Bertz CT molecular complexity index is 620. The Morgan fingerprint density at radius 1 is 0.826 bits per heavy atom. The molecule has 0 saturated carbocycles. The first kappa shape index (κ1) is 17.7. The zero-order valence-electron chi connectivity index (χ0n) is 15.6. The molecule has 0 aliphatic heterocycles. The molecule has 0 N–H and O–H groups in total. The molecule has 1 heterocycles. The van der Waals surface area contributed by atoms with Crippen molar-refractivity contribution >= 4 is 0 Å². The van der Waals surface area contributed by atoms with Crippen LogP contribution in [0.15, 0.2) is 42.6 Å². The molecule has 23 heavy (non-hydrogen) atoms. The van der Waals surface area contributed by atoms with Crippen LogP contribution in [0.25, 0.3) is 11.3 Å². The molecule has 1 aromatic carbocycles. The van der Waals surface area contributed by atoms with Crippen LogP contribution in [0.1, 0.15) is 71.9 Å². The van der Waals surface area contributed by atoms with E-state index in [1.54, 1.807) is 0 Å². The average Bonchev–Trinajstić information content (AvgIpc) is 2.57. The van der Waals surface area contributed by atoms with Gasteiger partial charge in [0, 0.05) is 11.8 Å². The molecule has 0 atom stereocenters. The molecule has 0 spiro atoms. The van der Waals surface area contributed by atoms with Gasteiger partial charge < -0.3 is 0 Å². The Morgan fingerprint density at radius 2 is 1.48 bits per heavy atom. The lowest BCUT2D eigenvalue weighted by atomic mass is 9.74. The van der Waals surface area contributed by atoms with E-state index < -0.39 is 0 Å². The van der Waals surface area contributed by atoms with Crippen LogP contribution in [0.3, 0.4) is 0 Å². The van der Waals surface area contributed by atoms with Crippen molar-refractivity contribution in [2.75, 3.05) is 0 Å². The smallest absolute Gasteiger partial charge is 0.0702 e. The predicted octanol–water partition coefficient (Wildman–Crippen LogP) is 6.51. The Kier molecular flexibility index (Phi) is 5.29. The minimum atomic E-state index is 0.164. The Labute approximate surface area is 142 Å². The summed E-state index contributed by atoms with van der Waals surface area (Å²) in [6, 6.07) is 13.2. The Hall–Kier alpha value is -1.63. The first-order valence-electron chi connectivity index (χ1n) is 8.93. The van der Waals surface area contributed by atoms with Gasteiger partial charge in [0.25, 0.3) is 0 Å². The minimum Gasteiger partial charge on any atom is -0.256 e. The molecule has 0 radical (unpaired) electrons. The number of nitrogens with zero attached hydrogens (tertiary/aromatic N) is 1. The molecular formula is C22H31N. The van der Waals surface area contributed by atoms with E-state index in [-0.39, 0.29) is 10.8 Å². The number of hydrogen-bond donors (Lipinski definition) is 0. The SMILES string of the molecule is CCC(CC)(CC)c1ccc(-c2cccc(C(C)(C)C)c2)nc1. The Balaban J connectivity index is 2.37. The zero-order chi connectivity index (χ0) is 17.1. The van der Waals surface area contributed by atoms with Gasteiger partial charge in [-0.2, -0.15) is 0 Å². The van der Waals surface area contributed by atoms with E-state index in [4.69, 9.17) is 4.98 Å². The number of hydrogen-bond acceptors (Lipinski definition) is 1. The maximum atomic E-state index is 4.78. The fourth-order valence-corrected chi connectivity index (χ4v) is 3.39. The molecule has 0 saturated heterocycles. The maximum Gasteiger partial charge on any atom is 0.0702 e. The highest BCUT2D eigenvalue weighted by molar-refractivity contribution is 5.60. The summed E-state index contributed by atoms with van der Waals surface area (Å²) in [6.07, 6.45) is 5.59. The van der Waals surface area contributed by atoms with Crippen molar-refractivity contribution in [2.45, 2.75) is 71.6 Å². The number of aromatic nitrogens is 1. The van der Waals surface area contributed by atoms with Gasteiger partial charge in [-0.1, -0.05) is 65.8 Å². The first-order chi connectivity index (χ1) is 10.9. The summed E-state index contributed by atoms with van der Waals surface area (Å²) in [5, 5.41) is 0. The largest absolute Gasteiger partial charge is 0.256 e. The maximum absolute atomic E-state index is 4.78. The summed E-state index contributed by atoms with van der Waals surface area (Å²) in [7, 11) is 0. The van der Waals surface area contributed by atoms with Crippen LogP contribution in [0.4, 0.5) is 0 Å². The summed E-state index contributed by atoms with van der Waals surface area (Å²) in [5.41, 5.74) is 5.44. The Morgan fingerprint density at radius 3 is 1.96 bits per heavy atom. The average molecular weight is 309 g/mol. The van der Waals surface area contributed by atoms with Crippen LogP contribution in [0, 0.1) is 0 Å².